The fourth-order valence-corrected chi connectivity index (χ4v) is 3.19. The minimum atomic E-state index is -0.750. The van der Waals surface area contributed by atoms with Gasteiger partial charge in [0.1, 0.15) is 5.75 Å². The quantitative estimate of drug-likeness (QED) is 0.647. The molecule has 3 rings (SSSR count). The molecule has 0 aliphatic rings. The number of amides is 1. The fraction of sp³-hybridized carbons (Fsp3) is 0.278. The molecule has 0 radical (unpaired) electrons. The van der Waals surface area contributed by atoms with Gasteiger partial charge in [-0.1, -0.05) is 5.10 Å². The Morgan fingerprint density at radius 3 is 2.68 bits per heavy atom. The Bertz CT molecular complexity index is 1010. The number of ether oxygens (including phenoxy) is 2. The van der Waals surface area contributed by atoms with Crippen LogP contribution < -0.4 is 14.8 Å². The summed E-state index contributed by atoms with van der Waals surface area (Å²) >= 11 is 1.11. The summed E-state index contributed by atoms with van der Waals surface area (Å²) in [5.74, 6) is 0.0419. The zero-order valence-electron chi connectivity index (χ0n) is 15.8. The number of carbonyl (C=O) groups excluding carboxylic acids is 1. The van der Waals surface area contributed by atoms with E-state index in [9.17, 15) is 9.90 Å². The number of anilines is 1. The number of pyridine rings is 2. The molecular formula is C18H19N5O4S. The summed E-state index contributed by atoms with van der Waals surface area (Å²) in [5.41, 5.74) is 2.62. The molecule has 1 atom stereocenters. The summed E-state index contributed by atoms with van der Waals surface area (Å²) in [6, 6.07) is 3.46. The van der Waals surface area contributed by atoms with E-state index in [1.165, 1.54) is 20.4 Å². The molecule has 0 aromatic carbocycles. The summed E-state index contributed by atoms with van der Waals surface area (Å²) < 4.78 is 10.5. The molecule has 0 unspecified atom stereocenters. The minimum Gasteiger partial charge on any atom is -0.494 e. The number of hydrogen-bond acceptors (Lipinski definition) is 9. The van der Waals surface area contributed by atoms with Gasteiger partial charge in [-0.3, -0.25) is 20.1 Å². The van der Waals surface area contributed by atoms with Crippen molar-refractivity contribution in [2.24, 2.45) is 0 Å². The molecule has 0 aliphatic carbocycles. The van der Waals surface area contributed by atoms with E-state index in [0.29, 0.717) is 44.2 Å². The number of aliphatic hydroxyl groups is 1. The highest BCUT2D eigenvalue weighted by molar-refractivity contribution is 7.17. The van der Waals surface area contributed by atoms with Crippen LogP contribution in [0.25, 0.3) is 11.1 Å². The normalized spacial score (nSPS) is 11.8. The number of aromatic nitrogens is 4. The Morgan fingerprint density at radius 1 is 1.25 bits per heavy atom. The summed E-state index contributed by atoms with van der Waals surface area (Å²) in [6.07, 6.45) is 2.30. The number of methoxy groups -OCH3 is 2. The first-order valence-corrected chi connectivity index (χ1v) is 9.13. The standard InChI is InChI=1S/C18H19N5O4S/c1-9-15(26-3)14(11-5-6-19-13(7-11)10(2)24)12(8-20-9)16(25)21-17-22-23-18(27-4)28-17/h5-8,10,24H,1-4H3,(H,21,22,25)/t10-/m0/s1. The third kappa shape index (κ3) is 3.92. The third-order valence-electron chi connectivity index (χ3n) is 3.96. The van der Waals surface area contributed by atoms with E-state index >= 15 is 0 Å². The van der Waals surface area contributed by atoms with E-state index in [-0.39, 0.29) is 0 Å². The molecule has 0 saturated heterocycles. The van der Waals surface area contributed by atoms with Gasteiger partial charge < -0.3 is 14.6 Å². The van der Waals surface area contributed by atoms with Crippen LogP contribution in [-0.4, -0.2) is 45.4 Å². The van der Waals surface area contributed by atoms with Gasteiger partial charge in [0.15, 0.2) is 0 Å². The first kappa shape index (κ1) is 19.6. The molecule has 2 N–H and O–H groups in total. The van der Waals surface area contributed by atoms with Crippen LogP contribution in [0.2, 0.25) is 0 Å². The lowest BCUT2D eigenvalue weighted by molar-refractivity contribution is 0.102. The Hall–Kier alpha value is -3.11. The van der Waals surface area contributed by atoms with Crippen molar-refractivity contribution in [1.82, 2.24) is 20.2 Å². The van der Waals surface area contributed by atoms with Crippen molar-refractivity contribution >= 4 is 22.4 Å². The maximum atomic E-state index is 12.9. The van der Waals surface area contributed by atoms with Crippen LogP contribution in [0.1, 0.15) is 34.8 Å². The van der Waals surface area contributed by atoms with Gasteiger partial charge in [0, 0.05) is 18.0 Å². The van der Waals surface area contributed by atoms with Crippen molar-refractivity contribution in [2.45, 2.75) is 20.0 Å². The lowest BCUT2D eigenvalue weighted by Gasteiger charge is -2.16. The lowest BCUT2D eigenvalue weighted by Crippen LogP contribution is -2.15. The molecule has 10 heteroatoms. The Labute approximate surface area is 165 Å². The molecule has 0 bridgehead atoms. The Balaban J connectivity index is 2.08. The SMILES string of the molecule is COc1nnc(NC(=O)c2cnc(C)c(OC)c2-c2ccnc([C@H](C)O)c2)s1. The predicted octanol–water partition coefficient (Wildman–Crippen LogP) is 2.63. The van der Waals surface area contributed by atoms with Crippen LogP contribution in [0, 0.1) is 6.92 Å². The van der Waals surface area contributed by atoms with E-state index in [1.54, 1.807) is 32.2 Å². The van der Waals surface area contributed by atoms with Crippen LogP contribution in [0.4, 0.5) is 5.13 Å². The van der Waals surface area contributed by atoms with E-state index in [4.69, 9.17) is 9.47 Å². The van der Waals surface area contributed by atoms with Gasteiger partial charge in [0.25, 0.3) is 11.1 Å². The molecule has 3 aromatic heterocycles. The maximum Gasteiger partial charge on any atom is 0.295 e. The zero-order chi connectivity index (χ0) is 20.3. The van der Waals surface area contributed by atoms with Gasteiger partial charge in [-0.15, -0.1) is 5.10 Å². The van der Waals surface area contributed by atoms with Crippen LogP contribution in [0.15, 0.2) is 24.5 Å². The summed E-state index contributed by atoms with van der Waals surface area (Å²) in [7, 11) is 2.99. The van der Waals surface area contributed by atoms with Crippen molar-refractivity contribution < 1.29 is 19.4 Å². The van der Waals surface area contributed by atoms with Crippen LogP contribution in [0.3, 0.4) is 0 Å². The maximum absolute atomic E-state index is 12.9. The highest BCUT2D eigenvalue weighted by atomic mass is 32.1. The molecule has 28 heavy (non-hydrogen) atoms. The van der Waals surface area contributed by atoms with E-state index in [0.717, 1.165) is 11.3 Å². The molecule has 0 spiro atoms. The molecule has 9 nitrogen and oxygen atoms in total. The number of nitrogens with zero attached hydrogens (tertiary/aromatic N) is 4. The van der Waals surface area contributed by atoms with Crippen molar-refractivity contribution in [3.63, 3.8) is 0 Å². The summed E-state index contributed by atoms with van der Waals surface area (Å²) in [6.45, 7) is 3.41. The number of aryl methyl sites for hydroxylation is 1. The van der Waals surface area contributed by atoms with Crippen LogP contribution in [-0.2, 0) is 0 Å². The highest BCUT2D eigenvalue weighted by Crippen LogP contribution is 2.36. The second-order valence-corrected chi connectivity index (χ2v) is 6.78. The van der Waals surface area contributed by atoms with Gasteiger partial charge in [-0.05, 0) is 42.9 Å². The van der Waals surface area contributed by atoms with E-state index < -0.39 is 12.0 Å². The highest BCUT2D eigenvalue weighted by Gasteiger charge is 2.22. The first-order chi connectivity index (χ1) is 13.4. The summed E-state index contributed by atoms with van der Waals surface area (Å²) in [4.78, 5) is 21.4. The number of rotatable bonds is 6. The molecule has 0 aliphatic heterocycles. The number of aliphatic hydroxyl groups excluding tert-OH is 1. The van der Waals surface area contributed by atoms with Gasteiger partial charge in [-0.25, -0.2) is 0 Å². The number of carbonyl (C=O) groups is 1. The van der Waals surface area contributed by atoms with Crippen molar-refractivity contribution in [3.8, 4) is 22.1 Å². The largest absolute Gasteiger partial charge is 0.494 e. The van der Waals surface area contributed by atoms with Gasteiger partial charge in [-0.2, -0.15) is 0 Å². The second kappa shape index (κ2) is 8.28. The molecule has 1 amide bonds. The van der Waals surface area contributed by atoms with Crippen molar-refractivity contribution in [2.75, 3.05) is 19.5 Å². The monoisotopic (exact) mass is 401 g/mol. The van der Waals surface area contributed by atoms with E-state index in [2.05, 4.69) is 25.5 Å². The molecule has 3 heterocycles. The minimum absolute atomic E-state index is 0.291. The first-order valence-electron chi connectivity index (χ1n) is 8.31. The predicted molar refractivity (Wildman–Crippen MR) is 104 cm³/mol. The fourth-order valence-electron chi connectivity index (χ4n) is 2.64. The molecule has 3 aromatic rings. The van der Waals surface area contributed by atoms with Gasteiger partial charge in [0.05, 0.1) is 37.3 Å². The van der Waals surface area contributed by atoms with Crippen LogP contribution in [0.5, 0.6) is 10.9 Å². The van der Waals surface area contributed by atoms with Crippen molar-refractivity contribution in [3.05, 3.63) is 41.5 Å². The molecule has 146 valence electrons. The lowest BCUT2D eigenvalue weighted by atomic mass is 9.98. The van der Waals surface area contributed by atoms with Gasteiger partial charge in [0.2, 0.25) is 5.13 Å². The van der Waals surface area contributed by atoms with Gasteiger partial charge >= 0.3 is 0 Å². The number of nitrogens with one attached hydrogen (secondary N) is 1. The Kier molecular flexibility index (Phi) is 5.81. The smallest absolute Gasteiger partial charge is 0.295 e. The average molecular weight is 401 g/mol. The third-order valence-corrected chi connectivity index (χ3v) is 4.76. The molecule has 0 saturated carbocycles. The zero-order valence-corrected chi connectivity index (χ0v) is 16.6. The molecular weight excluding hydrogens is 382 g/mol. The van der Waals surface area contributed by atoms with Crippen molar-refractivity contribution in [1.29, 1.82) is 0 Å². The molecule has 0 fully saturated rings. The second-order valence-electron chi connectivity index (χ2n) is 5.84. The average Bonchev–Trinajstić information content (AvgIpc) is 3.15. The topological polar surface area (TPSA) is 119 Å². The number of hydrogen-bond donors (Lipinski definition) is 2. The van der Waals surface area contributed by atoms with E-state index in [1.807, 2.05) is 0 Å². The Morgan fingerprint density at radius 2 is 2.04 bits per heavy atom. The van der Waals surface area contributed by atoms with Crippen LogP contribution >= 0.6 is 11.3 Å². The summed E-state index contributed by atoms with van der Waals surface area (Å²) in [5, 5.41) is 20.9.